The third-order valence-corrected chi connectivity index (χ3v) is 7.78. The maximum absolute atomic E-state index is 13.0. The summed E-state index contributed by atoms with van der Waals surface area (Å²) in [5.74, 6) is -2.89. The van der Waals surface area contributed by atoms with Crippen LogP contribution in [0.5, 0.6) is 0 Å². The first-order valence-corrected chi connectivity index (χ1v) is 13.2. The zero-order valence-corrected chi connectivity index (χ0v) is 22.4. The number of rotatable bonds is 9. The van der Waals surface area contributed by atoms with Crippen LogP contribution in [0.4, 0.5) is 5.13 Å². The Morgan fingerprint density at radius 2 is 2.15 bits per heavy atom. The number of amides is 2. The lowest BCUT2D eigenvalue weighted by Gasteiger charge is -2.49. The van der Waals surface area contributed by atoms with Crippen LogP contribution in [0.2, 0.25) is 0 Å². The number of aliphatic hydroxyl groups is 1. The van der Waals surface area contributed by atoms with E-state index >= 15 is 0 Å². The molecule has 2 unspecified atom stereocenters. The Kier molecular flexibility index (Phi) is 8.23. The number of carbonyl (C=O) groups is 3. The molecule has 0 aliphatic carbocycles. The monoisotopic (exact) mass is 596 g/mol. The standard InChI is InChI=1S/C20H20N8O8S3/c1-36-26-10(8-6-39-20(21)22-8)14(30)23-11-16(32)28-12(19(34)35)7(5-38-18(11)28)4-9(37)13-24-25-15(31)17(33)27(13)2-3-29/h4,6,11,18,29,37H,2-3,5H2,1H3,(H2,21,22)(H,23,30)(H,25,31)(H,34,35). The third kappa shape index (κ3) is 5.33. The SMILES string of the molecule is CON=C(C(=O)NC1C(=O)N2C(C(=O)O)=C(C=C(S)c3n[nH]c(=O)c(=O)n3CCO)CSC12)c1csc(N)n1. The minimum absolute atomic E-state index is 0.00498. The molecular formula is C20H20N8O8S3. The van der Waals surface area contributed by atoms with E-state index in [0.717, 1.165) is 20.8 Å². The number of thiazole rings is 1. The molecule has 1 saturated heterocycles. The summed E-state index contributed by atoms with van der Waals surface area (Å²) >= 11 is 6.57. The number of hydrogen-bond acceptors (Lipinski definition) is 14. The fourth-order valence-electron chi connectivity index (χ4n) is 3.82. The summed E-state index contributed by atoms with van der Waals surface area (Å²) in [5, 5.41) is 32.2. The normalized spacial score (nSPS) is 19.5. The van der Waals surface area contributed by atoms with Crippen LogP contribution >= 0.6 is 35.7 Å². The number of aliphatic carboxylic acids is 1. The van der Waals surface area contributed by atoms with Crippen molar-refractivity contribution in [1.82, 2.24) is 30.0 Å². The lowest BCUT2D eigenvalue weighted by molar-refractivity contribution is -0.150. The van der Waals surface area contributed by atoms with Gasteiger partial charge in [0.15, 0.2) is 16.7 Å². The highest BCUT2D eigenvalue weighted by Crippen LogP contribution is 2.41. The topological polar surface area (TPSA) is 235 Å². The summed E-state index contributed by atoms with van der Waals surface area (Å²) in [6, 6.07) is -1.06. The molecule has 206 valence electrons. The maximum atomic E-state index is 13.0. The molecule has 0 bridgehead atoms. The number of oxime groups is 1. The number of aromatic amines is 1. The van der Waals surface area contributed by atoms with Crippen LogP contribution in [0.3, 0.4) is 0 Å². The molecule has 1 fully saturated rings. The molecule has 39 heavy (non-hydrogen) atoms. The molecule has 0 aromatic carbocycles. The number of β-lactam (4-membered cyclic amide) rings is 1. The summed E-state index contributed by atoms with van der Waals surface area (Å²) in [6.45, 7) is -0.722. The van der Waals surface area contributed by atoms with Crippen LogP contribution in [-0.4, -0.2) is 89.2 Å². The smallest absolute Gasteiger partial charge is 0.352 e. The average molecular weight is 597 g/mol. The van der Waals surface area contributed by atoms with Crippen molar-refractivity contribution in [2.45, 2.75) is 18.0 Å². The number of carboxylic acid groups (broad SMARTS) is 1. The van der Waals surface area contributed by atoms with E-state index in [4.69, 9.17) is 10.6 Å². The molecule has 2 aromatic rings. The number of nitrogens with zero attached hydrogens (tertiary/aromatic N) is 5. The summed E-state index contributed by atoms with van der Waals surface area (Å²) in [6.07, 6.45) is 1.30. The highest BCUT2D eigenvalue weighted by atomic mass is 32.2. The molecule has 2 atom stereocenters. The highest BCUT2D eigenvalue weighted by Gasteiger charge is 2.54. The summed E-state index contributed by atoms with van der Waals surface area (Å²) in [4.78, 5) is 71.7. The average Bonchev–Trinajstić information content (AvgIpc) is 3.33. The number of thioether (sulfide) groups is 1. The van der Waals surface area contributed by atoms with Gasteiger partial charge in [-0.2, -0.15) is 5.10 Å². The third-order valence-electron chi connectivity index (χ3n) is 5.47. The largest absolute Gasteiger partial charge is 0.477 e. The fourth-order valence-corrected chi connectivity index (χ4v) is 6.00. The highest BCUT2D eigenvalue weighted by molar-refractivity contribution is 8.00. The van der Waals surface area contributed by atoms with E-state index < -0.39 is 46.9 Å². The van der Waals surface area contributed by atoms with E-state index in [9.17, 15) is 34.2 Å². The number of carboxylic acids is 1. The molecule has 0 spiro atoms. The lowest BCUT2D eigenvalue weighted by Crippen LogP contribution is -2.71. The minimum atomic E-state index is -1.41. The first-order valence-electron chi connectivity index (χ1n) is 10.8. The van der Waals surface area contributed by atoms with Crippen LogP contribution in [0.1, 0.15) is 11.5 Å². The van der Waals surface area contributed by atoms with Gasteiger partial charge in [0, 0.05) is 16.0 Å². The number of allylic oxidation sites excluding steroid dienone is 1. The van der Waals surface area contributed by atoms with Gasteiger partial charge in [-0.15, -0.1) is 35.7 Å². The van der Waals surface area contributed by atoms with Gasteiger partial charge in [0.05, 0.1) is 13.2 Å². The van der Waals surface area contributed by atoms with Crippen molar-refractivity contribution in [3.8, 4) is 0 Å². The number of aromatic nitrogens is 4. The van der Waals surface area contributed by atoms with E-state index in [1.807, 2.05) is 5.10 Å². The van der Waals surface area contributed by atoms with Gasteiger partial charge in [0.1, 0.15) is 29.9 Å². The zero-order chi connectivity index (χ0) is 28.4. The van der Waals surface area contributed by atoms with Crippen molar-refractivity contribution in [2.24, 2.45) is 5.16 Å². The lowest BCUT2D eigenvalue weighted by atomic mass is 10.0. The second kappa shape index (κ2) is 11.4. The van der Waals surface area contributed by atoms with Gasteiger partial charge in [0.2, 0.25) is 0 Å². The second-order valence-electron chi connectivity index (χ2n) is 7.82. The first-order chi connectivity index (χ1) is 18.6. The van der Waals surface area contributed by atoms with Crippen LogP contribution in [0, 0.1) is 0 Å². The van der Waals surface area contributed by atoms with Crippen molar-refractivity contribution >= 4 is 69.3 Å². The van der Waals surface area contributed by atoms with E-state index in [1.54, 1.807) is 0 Å². The number of carbonyl (C=O) groups excluding carboxylic acids is 2. The fraction of sp³-hybridized carbons (Fsp3) is 0.300. The Hall–Kier alpha value is -3.94. The molecule has 2 aromatic heterocycles. The van der Waals surface area contributed by atoms with Crippen molar-refractivity contribution < 1.29 is 29.4 Å². The van der Waals surface area contributed by atoms with E-state index in [1.165, 1.54) is 30.3 Å². The molecular weight excluding hydrogens is 576 g/mol. The molecule has 4 heterocycles. The van der Waals surface area contributed by atoms with E-state index in [0.29, 0.717) is 0 Å². The van der Waals surface area contributed by atoms with E-state index in [-0.39, 0.29) is 50.8 Å². The Labute approximate surface area is 231 Å². The summed E-state index contributed by atoms with van der Waals surface area (Å²) in [5.41, 5.74) is 3.39. The van der Waals surface area contributed by atoms with E-state index in [2.05, 4.69) is 33.2 Å². The van der Waals surface area contributed by atoms with Gasteiger partial charge in [-0.05, 0) is 11.6 Å². The Balaban J connectivity index is 1.62. The maximum Gasteiger partial charge on any atom is 0.352 e. The molecule has 16 nitrogen and oxygen atoms in total. The second-order valence-corrected chi connectivity index (χ2v) is 10.3. The molecule has 0 radical (unpaired) electrons. The predicted molar refractivity (Wildman–Crippen MR) is 143 cm³/mol. The summed E-state index contributed by atoms with van der Waals surface area (Å²) < 4.78 is 0.896. The Morgan fingerprint density at radius 3 is 2.77 bits per heavy atom. The molecule has 19 heteroatoms. The number of aliphatic hydroxyl groups excluding tert-OH is 1. The predicted octanol–water partition coefficient (Wildman–Crippen LogP) is -1.98. The van der Waals surface area contributed by atoms with Crippen molar-refractivity contribution in [3.63, 3.8) is 0 Å². The van der Waals surface area contributed by atoms with Crippen LogP contribution < -0.4 is 22.2 Å². The zero-order valence-electron chi connectivity index (χ0n) is 19.9. The summed E-state index contributed by atoms with van der Waals surface area (Å²) in [7, 11) is 1.23. The molecule has 4 rings (SSSR count). The Bertz CT molecular complexity index is 1560. The number of hydrogen-bond donors (Lipinski definition) is 6. The van der Waals surface area contributed by atoms with Crippen molar-refractivity contribution in [2.75, 3.05) is 25.2 Å². The number of thiol groups is 1. The van der Waals surface area contributed by atoms with Crippen LogP contribution in [0.15, 0.2) is 37.5 Å². The van der Waals surface area contributed by atoms with Crippen molar-refractivity contribution in [3.05, 3.63) is 55.0 Å². The van der Waals surface area contributed by atoms with Gasteiger partial charge in [-0.3, -0.25) is 28.6 Å². The number of nitrogen functional groups attached to an aromatic ring is 1. The van der Waals surface area contributed by atoms with Gasteiger partial charge in [0.25, 0.3) is 11.8 Å². The van der Waals surface area contributed by atoms with Gasteiger partial charge in [-0.1, -0.05) is 5.16 Å². The molecule has 6 N–H and O–H groups in total. The van der Waals surface area contributed by atoms with Gasteiger partial charge in [-0.25, -0.2) is 14.9 Å². The Morgan fingerprint density at radius 1 is 1.41 bits per heavy atom. The molecule has 2 amide bonds. The van der Waals surface area contributed by atoms with Gasteiger partial charge < -0.3 is 26.1 Å². The number of nitrogens with one attached hydrogen (secondary N) is 2. The first kappa shape index (κ1) is 28.1. The molecule has 2 aliphatic heterocycles. The number of nitrogens with two attached hydrogens (primary N) is 1. The van der Waals surface area contributed by atoms with Crippen molar-refractivity contribution in [1.29, 1.82) is 0 Å². The van der Waals surface area contributed by atoms with Crippen LogP contribution in [-0.2, 0) is 25.8 Å². The minimum Gasteiger partial charge on any atom is -0.477 e. The molecule has 0 saturated carbocycles. The number of anilines is 1. The number of H-pyrrole nitrogens is 1. The number of fused-ring (bicyclic) bond motifs is 1. The van der Waals surface area contributed by atoms with Crippen LogP contribution in [0.25, 0.3) is 4.91 Å². The molecule has 2 aliphatic rings. The van der Waals surface area contributed by atoms with Gasteiger partial charge >= 0.3 is 17.1 Å². The quantitative estimate of drug-likeness (QED) is 0.0608.